The Morgan fingerprint density at radius 1 is 1.44 bits per heavy atom. The van der Waals surface area contributed by atoms with Crippen molar-refractivity contribution in [3.05, 3.63) is 10.6 Å². The normalized spacial score (nSPS) is 13.9. The van der Waals surface area contributed by atoms with Gasteiger partial charge in [0.1, 0.15) is 10.4 Å². The number of carboxylic acid groups (broad SMARTS) is 1. The van der Waals surface area contributed by atoms with E-state index >= 15 is 0 Å². The zero-order valence-corrected chi connectivity index (χ0v) is 11.5. The predicted octanol–water partition coefficient (Wildman–Crippen LogP) is 1.47. The molecule has 0 radical (unpaired) electrons. The van der Waals surface area contributed by atoms with Gasteiger partial charge in [-0.1, -0.05) is 24.8 Å². The summed E-state index contributed by atoms with van der Waals surface area (Å²) in [6.45, 7) is 5.26. The zero-order chi connectivity index (χ0) is 13.8. The van der Waals surface area contributed by atoms with Crippen LogP contribution in [0.2, 0.25) is 0 Å². The molecule has 0 saturated heterocycles. The Balaban J connectivity index is 2.89. The first-order valence-corrected chi connectivity index (χ1v) is 6.59. The molecule has 0 aromatic carbocycles. The molecule has 1 atom stereocenters. The first-order valence-electron chi connectivity index (χ1n) is 5.81. The largest absolute Gasteiger partial charge is 0.480 e. The third-order valence-electron chi connectivity index (χ3n) is 2.71. The Bertz CT molecular complexity index is 446. The standard InChI is InChI=1S/C11H17N3O3S/c1-4-6-11(3,10(16)17)12-9(15)8-7(5-2)13-14-18-8/h4-6H2,1-3H3,(H,12,15)(H,16,17). The van der Waals surface area contributed by atoms with Crippen LogP contribution in [-0.4, -0.2) is 32.1 Å². The van der Waals surface area contributed by atoms with Crippen LogP contribution in [-0.2, 0) is 11.2 Å². The summed E-state index contributed by atoms with van der Waals surface area (Å²) in [5, 5.41) is 15.6. The molecule has 6 nitrogen and oxygen atoms in total. The van der Waals surface area contributed by atoms with Crippen molar-refractivity contribution in [1.29, 1.82) is 0 Å². The third-order valence-corrected chi connectivity index (χ3v) is 3.48. The van der Waals surface area contributed by atoms with E-state index in [-0.39, 0.29) is 0 Å². The van der Waals surface area contributed by atoms with Crippen molar-refractivity contribution < 1.29 is 14.7 Å². The smallest absolute Gasteiger partial charge is 0.329 e. The lowest BCUT2D eigenvalue weighted by atomic mass is 9.96. The van der Waals surface area contributed by atoms with Gasteiger partial charge in [0.15, 0.2) is 0 Å². The fourth-order valence-electron chi connectivity index (χ4n) is 1.64. The van der Waals surface area contributed by atoms with Gasteiger partial charge < -0.3 is 10.4 Å². The minimum atomic E-state index is -1.25. The highest BCUT2D eigenvalue weighted by Crippen LogP contribution is 2.17. The molecule has 0 aliphatic carbocycles. The van der Waals surface area contributed by atoms with Gasteiger partial charge in [0.05, 0.1) is 5.69 Å². The second-order valence-corrected chi connectivity index (χ2v) is 5.00. The molecule has 0 fully saturated rings. The highest BCUT2D eigenvalue weighted by Gasteiger charge is 2.35. The van der Waals surface area contributed by atoms with Crippen molar-refractivity contribution in [2.45, 2.75) is 45.6 Å². The van der Waals surface area contributed by atoms with Crippen LogP contribution < -0.4 is 5.32 Å². The van der Waals surface area contributed by atoms with Gasteiger partial charge in [0, 0.05) is 0 Å². The Labute approximate surface area is 110 Å². The number of aliphatic carboxylic acids is 1. The van der Waals surface area contributed by atoms with Gasteiger partial charge in [-0.25, -0.2) is 4.79 Å². The Morgan fingerprint density at radius 3 is 2.61 bits per heavy atom. The van der Waals surface area contributed by atoms with Gasteiger partial charge in [-0.3, -0.25) is 4.79 Å². The molecule has 1 aromatic heterocycles. The summed E-state index contributed by atoms with van der Waals surface area (Å²) >= 11 is 0.987. The highest BCUT2D eigenvalue weighted by molar-refractivity contribution is 7.08. The molecular weight excluding hydrogens is 254 g/mol. The van der Waals surface area contributed by atoms with E-state index in [0.29, 0.717) is 29.8 Å². The first-order chi connectivity index (χ1) is 8.44. The summed E-state index contributed by atoms with van der Waals surface area (Å²) in [4.78, 5) is 23.7. The van der Waals surface area contributed by atoms with Crippen LogP contribution in [0.4, 0.5) is 0 Å². The van der Waals surface area contributed by atoms with E-state index in [0.717, 1.165) is 11.5 Å². The van der Waals surface area contributed by atoms with Gasteiger partial charge in [0.25, 0.3) is 5.91 Å². The van der Waals surface area contributed by atoms with Crippen molar-refractivity contribution in [3.8, 4) is 0 Å². The van der Waals surface area contributed by atoms with Crippen molar-refractivity contribution in [3.63, 3.8) is 0 Å². The van der Waals surface area contributed by atoms with E-state index in [2.05, 4.69) is 14.9 Å². The van der Waals surface area contributed by atoms with E-state index in [9.17, 15) is 14.7 Å². The molecule has 1 amide bonds. The van der Waals surface area contributed by atoms with E-state index in [1.54, 1.807) is 0 Å². The number of aryl methyl sites for hydroxylation is 1. The Hall–Kier alpha value is -1.50. The van der Waals surface area contributed by atoms with Crippen LogP contribution in [0.25, 0.3) is 0 Å². The topological polar surface area (TPSA) is 92.2 Å². The van der Waals surface area contributed by atoms with Gasteiger partial charge in [0.2, 0.25) is 0 Å². The maximum absolute atomic E-state index is 12.0. The quantitative estimate of drug-likeness (QED) is 0.817. The van der Waals surface area contributed by atoms with Crippen LogP contribution in [0, 0.1) is 0 Å². The summed E-state index contributed by atoms with van der Waals surface area (Å²) < 4.78 is 3.72. The monoisotopic (exact) mass is 271 g/mol. The van der Waals surface area contributed by atoms with E-state index < -0.39 is 17.4 Å². The van der Waals surface area contributed by atoms with E-state index in [1.165, 1.54) is 6.92 Å². The van der Waals surface area contributed by atoms with Crippen LogP contribution in [0.1, 0.15) is 49.0 Å². The average Bonchev–Trinajstić information content (AvgIpc) is 2.76. The molecule has 0 aliphatic heterocycles. The van der Waals surface area contributed by atoms with E-state index in [4.69, 9.17) is 0 Å². The fourth-order valence-corrected chi connectivity index (χ4v) is 2.29. The summed E-state index contributed by atoms with van der Waals surface area (Å²) in [7, 11) is 0. The van der Waals surface area contributed by atoms with Gasteiger partial charge >= 0.3 is 5.97 Å². The molecule has 2 N–H and O–H groups in total. The van der Waals surface area contributed by atoms with Crippen molar-refractivity contribution in [2.24, 2.45) is 0 Å². The average molecular weight is 271 g/mol. The fraction of sp³-hybridized carbons (Fsp3) is 0.636. The number of hydrogen-bond donors (Lipinski definition) is 2. The summed E-state index contributed by atoms with van der Waals surface area (Å²) in [5.41, 5.74) is -0.650. The molecule has 7 heteroatoms. The van der Waals surface area contributed by atoms with Crippen LogP contribution >= 0.6 is 11.5 Å². The SMILES string of the molecule is CCCC(C)(NC(=O)c1snnc1CC)C(=O)O. The zero-order valence-electron chi connectivity index (χ0n) is 10.7. The van der Waals surface area contributed by atoms with Crippen LogP contribution in [0.5, 0.6) is 0 Å². The molecule has 1 unspecified atom stereocenters. The van der Waals surface area contributed by atoms with Crippen molar-refractivity contribution in [1.82, 2.24) is 14.9 Å². The summed E-state index contributed by atoms with van der Waals surface area (Å²) in [6, 6.07) is 0. The number of amides is 1. The molecule has 1 rings (SSSR count). The number of carbonyl (C=O) groups excluding carboxylic acids is 1. The molecule has 0 aliphatic rings. The molecule has 0 spiro atoms. The first kappa shape index (κ1) is 14.6. The maximum Gasteiger partial charge on any atom is 0.329 e. The Kier molecular flexibility index (Phi) is 4.77. The molecule has 1 aromatic rings. The minimum Gasteiger partial charge on any atom is -0.480 e. The second kappa shape index (κ2) is 5.90. The van der Waals surface area contributed by atoms with Gasteiger partial charge in [-0.15, -0.1) is 5.10 Å². The molecular formula is C11H17N3O3S. The van der Waals surface area contributed by atoms with Crippen LogP contribution in [0.3, 0.4) is 0 Å². The lowest BCUT2D eigenvalue weighted by molar-refractivity contribution is -0.144. The number of aromatic nitrogens is 2. The number of carboxylic acids is 1. The second-order valence-electron chi connectivity index (χ2n) is 4.24. The van der Waals surface area contributed by atoms with Crippen LogP contribution in [0.15, 0.2) is 0 Å². The van der Waals surface area contributed by atoms with Crippen molar-refractivity contribution in [2.75, 3.05) is 0 Å². The lowest BCUT2D eigenvalue weighted by Gasteiger charge is -2.25. The molecule has 0 bridgehead atoms. The molecule has 1 heterocycles. The maximum atomic E-state index is 12.0. The number of carbonyl (C=O) groups is 2. The summed E-state index contributed by atoms with van der Waals surface area (Å²) in [5.74, 6) is -1.45. The Morgan fingerprint density at radius 2 is 2.11 bits per heavy atom. The third kappa shape index (κ3) is 3.04. The van der Waals surface area contributed by atoms with Gasteiger partial charge in [-0.2, -0.15) is 0 Å². The number of nitrogens with one attached hydrogen (secondary N) is 1. The van der Waals surface area contributed by atoms with Crippen molar-refractivity contribution >= 4 is 23.4 Å². The summed E-state index contributed by atoms with van der Waals surface area (Å²) in [6.07, 6.45) is 1.64. The molecule has 0 saturated carbocycles. The minimum absolute atomic E-state index is 0.377. The lowest BCUT2D eigenvalue weighted by Crippen LogP contribution is -2.52. The number of nitrogens with zero attached hydrogens (tertiary/aromatic N) is 2. The predicted molar refractivity (Wildman–Crippen MR) is 67.7 cm³/mol. The molecule has 18 heavy (non-hydrogen) atoms. The number of hydrogen-bond acceptors (Lipinski definition) is 5. The van der Waals surface area contributed by atoms with Gasteiger partial charge in [-0.05, 0) is 31.3 Å². The molecule has 100 valence electrons. The highest BCUT2D eigenvalue weighted by atomic mass is 32.1. The van der Waals surface area contributed by atoms with E-state index in [1.807, 2.05) is 13.8 Å². The number of rotatable bonds is 6.